The number of benzene rings is 1. The predicted octanol–water partition coefficient (Wildman–Crippen LogP) is 3.07. The zero-order valence-electron chi connectivity index (χ0n) is 12.2. The quantitative estimate of drug-likeness (QED) is 0.678. The molecule has 116 valence electrons. The Kier molecular flexibility index (Phi) is 4.77. The molecule has 0 aliphatic rings. The molecular weight excluding hydrogens is 304 g/mol. The fraction of sp³-hybridized carbons (Fsp3) is 0.267. The summed E-state index contributed by atoms with van der Waals surface area (Å²) >= 11 is 1.61. The summed E-state index contributed by atoms with van der Waals surface area (Å²) in [6.45, 7) is 1.89. The van der Waals surface area contributed by atoms with Gasteiger partial charge < -0.3 is 10.0 Å². The van der Waals surface area contributed by atoms with Crippen LogP contribution in [0.2, 0.25) is 0 Å². The number of para-hydroxylation sites is 1. The van der Waals surface area contributed by atoms with Gasteiger partial charge in [-0.1, -0.05) is 12.1 Å². The molecule has 1 heterocycles. The van der Waals surface area contributed by atoms with Gasteiger partial charge in [0.1, 0.15) is 0 Å². The SMILES string of the molecule is C[C@@H](Cc1cccs1)N(C)C(=O)c1cccc([N+](=O)[O-])c1O. The van der Waals surface area contributed by atoms with Crippen LogP contribution in [0.5, 0.6) is 5.75 Å². The van der Waals surface area contributed by atoms with Crippen molar-refractivity contribution in [1.29, 1.82) is 0 Å². The third-order valence-electron chi connectivity index (χ3n) is 3.50. The molecule has 6 nitrogen and oxygen atoms in total. The first-order chi connectivity index (χ1) is 10.4. The highest BCUT2D eigenvalue weighted by Crippen LogP contribution is 2.30. The average Bonchev–Trinajstić information content (AvgIpc) is 2.98. The van der Waals surface area contributed by atoms with Gasteiger partial charge in [0.25, 0.3) is 5.91 Å². The Hall–Kier alpha value is -2.41. The first-order valence-corrected chi connectivity index (χ1v) is 7.55. The summed E-state index contributed by atoms with van der Waals surface area (Å²) in [5.74, 6) is -1.03. The van der Waals surface area contributed by atoms with Crippen molar-refractivity contribution in [3.05, 3.63) is 56.3 Å². The molecule has 1 amide bonds. The number of amides is 1. The number of carbonyl (C=O) groups excluding carboxylic acids is 1. The van der Waals surface area contributed by atoms with Gasteiger partial charge in [-0.25, -0.2) is 0 Å². The van der Waals surface area contributed by atoms with Crippen LogP contribution >= 0.6 is 11.3 Å². The van der Waals surface area contributed by atoms with E-state index in [4.69, 9.17) is 0 Å². The van der Waals surface area contributed by atoms with Crippen LogP contribution in [0.1, 0.15) is 22.2 Å². The van der Waals surface area contributed by atoms with Crippen molar-refractivity contribution in [2.45, 2.75) is 19.4 Å². The topological polar surface area (TPSA) is 83.7 Å². The maximum absolute atomic E-state index is 12.5. The van der Waals surface area contributed by atoms with Crippen LogP contribution < -0.4 is 0 Å². The zero-order chi connectivity index (χ0) is 16.3. The number of rotatable bonds is 5. The molecule has 1 aromatic carbocycles. The van der Waals surface area contributed by atoms with Gasteiger partial charge in [0, 0.05) is 30.5 Å². The lowest BCUT2D eigenvalue weighted by atomic mass is 10.1. The van der Waals surface area contributed by atoms with Crippen molar-refractivity contribution in [3.8, 4) is 5.75 Å². The minimum Gasteiger partial charge on any atom is -0.502 e. The first kappa shape index (κ1) is 16.0. The smallest absolute Gasteiger partial charge is 0.311 e. The minimum atomic E-state index is -0.707. The van der Waals surface area contributed by atoms with E-state index in [1.807, 2.05) is 24.4 Å². The molecule has 0 aliphatic heterocycles. The zero-order valence-corrected chi connectivity index (χ0v) is 13.0. The molecule has 0 aliphatic carbocycles. The van der Waals surface area contributed by atoms with Gasteiger partial charge in [-0.3, -0.25) is 14.9 Å². The number of hydrogen-bond acceptors (Lipinski definition) is 5. The lowest BCUT2D eigenvalue weighted by Crippen LogP contribution is -2.36. The van der Waals surface area contributed by atoms with Crippen LogP contribution in [0.25, 0.3) is 0 Å². The molecule has 0 unspecified atom stereocenters. The summed E-state index contributed by atoms with van der Waals surface area (Å²) in [6.07, 6.45) is 0.690. The van der Waals surface area contributed by atoms with Gasteiger partial charge in [-0.05, 0) is 24.4 Å². The number of thiophene rings is 1. The number of hydrogen-bond donors (Lipinski definition) is 1. The van der Waals surface area contributed by atoms with E-state index in [1.54, 1.807) is 18.4 Å². The lowest BCUT2D eigenvalue weighted by molar-refractivity contribution is -0.385. The first-order valence-electron chi connectivity index (χ1n) is 6.67. The Morgan fingerprint density at radius 3 is 2.73 bits per heavy atom. The van der Waals surface area contributed by atoms with Crippen LogP contribution in [0.4, 0.5) is 5.69 Å². The van der Waals surface area contributed by atoms with Crippen molar-refractivity contribution in [1.82, 2.24) is 4.90 Å². The highest BCUT2D eigenvalue weighted by molar-refractivity contribution is 7.09. The molecule has 22 heavy (non-hydrogen) atoms. The van der Waals surface area contributed by atoms with Gasteiger partial charge >= 0.3 is 5.69 Å². The van der Waals surface area contributed by atoms with Crippen molar-refractivity contribution < 1.29 is 14.8 Å². The van der Waals surface area contributed by atoms with Crippen LogP contribution in [0, 0.1) is 10.1 Å². The van der Waals surface area contributed by atoms with E-state index in [0.29, 0.717) is 6.42 Å². The Morgan fingerprint density at radius 1 is 1.41 bits per heavy atom. The highest BCUT2D eigenvalue weighted by Gasteiger charge is 2.25. The average molecular weight is 320 g/mol. The highest BCUT2D eigenvalue weighted by atomic mass is 32.1. The Bertz CT molecular complexity index is 685. The van der Waals surface area contributed by atoms with Gasteiger partial charge in [-0.2, -0.15) is 0 Å². The number of nitrogens with zero attached hydrogens (tertiary/aromatic N) is 2. The molecule has 0 bridgehead atoms. The normalized spacial score (nSPS) is 11.9. The van der Waals surface area contributed by atoms with Crippen molar-refractivity contribution in [2.75, 3.05) is 7.05 Å². The molecule has 1 N–H and O–H groups in total. The second kappa shape index (κ2) is 6.57. The summed E-state index contributed by atoms with van der Waals surface area (Å²) in [6, 6.07) is 7.79. The maximum Gasteiger partial charge on any atom is 0.311 e. The summed E-state index contributed by atoms with van der Waals surface area (Å²) in [5.41, 5.74) is -0.528. The van der Waals surface area contributed by atoms with Gasteiger partial charge in [0.15, 0.2) is 0 Å². The third-order valence-corrected chi connectivity index (χ3v) is 4.40. The molecule has 0 saturated heterocycles. The van der Waals surface area contributed by atoms with Crippen molar-refractivity contribution in [3.63, 3.8) is 0 Å². The Balaban J connectivity index is 2.20. The molecule has 1 aromatic heterocycles. The number of phenolic OH excluding ortho intramolecular Hbond substituents is 1. The van der Waals surface area contributed by atoms with Crippen LogP contribution in [0.15, 0.2) is 35.7 Å². The number of nitro groups is 1. The molecular formula is C15H16N2O4S. The van der Waals surface area contributed by atoms with E-state index in [-0.39, 0.29) is 11.6 Å². The van der Waals surface area contributed by atoms with Crippen LogP contribution in [-0.2, 0) is 6.42 Å². The van der Waals surface area contributed by atoms with E-state index < -0.39 is 22.3 Å². The fourth-order valence-electron chi connectivity index (χ4n) is 2.10. The monoisotopic (exact) mass is 320 g/mol. The van der Waals surface area contributed by atoms with Crippen LogP contribution in [-0.4, -0.2) is 33.9 Å². The number of nitro benzene ring substituents is 1. The number of phenols is 1. The molecule has 7 heteroatoms. The standard InChI is InChI=1S/C15H16N2O4S/c1-10(9-11-5-4-8-22-11)16(2)15(19)12-6-3-7-13(14(12)18)17(20)21/h3-8,10,18H,9H2,1-2H3/t10-/m0/s1. The molecule has 0 spiro atoms. The van der Waals surface area contributed by atoms with E-state index in [9.17, 15) is 20.0 Å². The largest absolute Gasteiger partial charge is 0.502 e. The maximum atomic E-state index is 12.5. The third kappa shape index (κ3) is 3.25. The van der Waals surface area contributed by atoms with Crippen molar-refractivity contribution in [2.24, 2.45) is 0 Å². The lowest BCUT2D eigenvalue weighted by Gasteiger charge is -2.25. The van der Waals surface area contributed by atoms with Gasteiger partial charge in [-0.15, -0.1) is 11.3 Å². The fourth-order valence-corrected chi connectivity index (χ4v) is 2.92. The summed E-state index contributed by atoms with van der Waals surface area (Å²) in [7, 11) is 1.62. The number of likely N-dealkylation sites (N-methyl/N-ethyl adjacent to an activating group) is 1. The van der Waals surface area contributed by atoms with E-state index in [0.717, 1.165) is 4.88 Å². The minimum absolute atomic E-state index is 0.0604. The molecule has 0 radical (unpaired) electrons. The molecule has 0 fully saturated rings. The number of aromatic hydroxyl groups is 1. The predicted molar refractivity (Wildman–Crippen MR) is 84.3 cm³/mol. The van der Waals surface area contributed by atoms with Gasteiger partial charge in [0.2, 0.25) is 5.75 Å². The Morgan fingerprint density at radius 2 is 2.14 bits per heavy atom. The summed E-state index contributed by atoms with van der Waals surface area (Å²) in [4.78, 5) is 25.2. The summed E-state index contributed by atoms with van der Waals surface area (Å²) in [5, 5.41) is 22.7. The van der Waals surface area contributed by atoms with Crippen molar-refractivity contribution >= 4 is 22.9 Å². The molecule has 1 atom stereocenters. The van der Waals surface area contributed by atoms with E-state index in [1.165, 1.54) is 23.1 Å². The van der Waals surface area contributed by atoms with Crippen LogP contribution in [0.3, 0.4) is 0 Å². The summed E-state index contributed by atoms with van der Waals surface area (Å²) < 4.78 is 0. The van der Waals surface area contributed by atoms with E-state index >= 15 is 0 Å². The molecule has 2 aromatic rings. The Labute approximate surface area is 131 Å². The second-order valence-electron chi connectivity index (χ2n) is 4.98. The molecule has 0 saturated carbocycles. The second-order valence-corrected chi connectivity index (χ2v) is 6.01. The van der Waals surface area contributed by atoms with Gasteiger partial charge in [0.05, 0.1) is 10.5 Å². The van der Waals surface area contributed by atoms with E-state index in [2.05, 4.69) is 0 Å². The molecule has 2 rings (SSSR count). The number of carbonyl (C=O) groups is 1.